The third-order valence-electron chi connectivity index (χ3n) is 2.89. The Balaban J connectivity index is 1.72. The molecule has 2 rings (SSSR count). The summed E-state index contributed by atoms with van der Waals surface area (Å²) in [5.74, 6) is 1.48. The highest BCUT2D eigenvalue weighted by Gasteiger charge is 2.04. The monoisotopic (exact) mass is 378 g/mol. The van der Waals surface area contributed by atoms with Crippen molar-refractivity contribution in [3.63, 3.8) is 0 Å². The fourth-order valence-corrected chi connectivity index (χ4v) is 2.27. The first-order valence-corrected chi connectivity index (χ1v) is 8.13. The first-order chi connectivity index (χ1) is 11.2. The lowest BCUT2D eigenvalue weighted by molar-refractivity contribution is 0.247. The Kier molecular flexibility index (Phi) is 6.75. The van der Waals surface area contributed by atoms with E-state index in [0.717, 1.165) is 15.9 Å². The van der Waals surface area contributed by atoms with Gasteiger partial charge in [-0.2, -0.15) is 0 Å². The molecule has 0 aliphatic heterocycles. The topological polar surface area (TPSA) is 59.6 Å². The maximum Gasteiger partial charge on any atom is 0.319 e. The highest BCUT2D eigenvalue weighted by Crippen LogP contribution is 2.21. The second-order valence-corrected chi connectivity index (χ2v) is 5.47. The molecule has 2 aromatic carbocycles. The van der Waals surface area contributed by atoms with Crippen LogP contribution in [0.15, 0.2) is 53.0 Å². The quantitative estimate of drug-likeness (QED) is 0.714. The standard InChI is InChI=1S/C17H19BrN2O3/c1-2-22-13-6-5-7-14(12-13)23-11-10-19-17(21)20-16-9-4-3-8-15(16)18/h3-9,12H,2,10-11H2,1H3,(H2,19,20,21). The van der Waals surface area contributed by atoms with Crippen LogP contribution < -0.4 is 20.1 Å². The number of ether oxygens (including phenoxy) is 2. The molecule has 6 heteroatoms. The number of carbonyl (C=O) groups excluding carboxylic acids is 1. The van der Waals surface area contributed by atoms with Gasteiger partial charge in [-0.25, -0.2) is 4.79 Å². The SMILES string of the molecule is CCOc1cccc(OCCNC(=O)Nc2ccccc2Br)c1. The van der Waals surface area contributed by atoms with Gasteiger partial charge < -0.3 is 20.1 Å². The molecular weight excluding hydrogens is 360 g/mol. The van der Waals surface area contributed by atoms with Crippen molar-refractivity contribution in [1.82, 2.24) is 5.32 Å². The summed E-state index contributed by atoms with van der Waals surface area (Å²) in [6, 6.07) is 14.6. The van der Waals surface area contributed by atoms with Crippen molar-refractivity contribution in [1.29, 1.82) is 0 Å². The van der Waals surface area contributed by atoms with Crippen LogP contribution in [0.3, 0.4) is 0 Å². The molecule has 5 nitrogen and oxygen atoms in total. The number of rotatable bonds is 7. The summed E-state index contributed by atoms with van der Waals surface area (Å²) in [6.07, 6.45) is 0. The van der Waals surface area contributed by atoms with Crippen LogP contribution in [0.2, 0.25) is 0 Å². The van der Waals surface area contributed by atoms with E-state index in [1.54, 1.807) is 0 Å². The third kappa shape index (κ3) is 5.83. The Morgan fingerprint density at radius 2 is 1.83 bits per heavy atom. The number of carbonyl (C=O) groups is 1. The second-order valence-electron chi connectivity index (χ2n) is 4.62. The number of urea groups is 1. The average molecular weight is 379 g/mol. The van der Waals surface area contributed by atoms with Gasteiger partial charge in [-0.15, -0.1) is 0 Å². The van der Waals surface area contributed by atoms with Crippen molar-refractivity contribution in [2.75, 3.05) is 25.1 Å². The normalized spacial score (nSPS) is 10.0. The van der Waals surface area contributed by atoms with E-state index in [-0.39, 0.29) is 6.03 Å². The molecule has 2 N–H and O–H groups in total. The number of anilines is 1. The van der Waals surface area contributed by atoms with E-state index in [1.165, 1.54) is 0 Å². The molecule has 0 fully saturated rings. The van der Waals surface area contributed by atoms with Crippen LogP contribution in [0.1, 0.15) is 6.92 Å². The molecule has 0 atom stereocenters. The minimum absolute atomic E-state index is 0.274. The van der Waals surface area contributed by atoms with Gasteiger partial charge in [-0.3, -0.25) is 0 Å². The molecule has 23 heavy (non-hydrogen) atoms. The van der Waals surface area contributed by atoms with E-state index in [2.05, 4.69) is 26.6 Å². The van der Waals surface area contributed by atoms with E-state index in [9.17, 15) is 4.79 Å². The van der Waals surface area contributed by atoms with Crippen LogP contribution in [0.4, 0.5) is 10.5 Å². The zero-order chi connectivity index (χ0) is 16.5. The van der Waals surface area contributed by atoms with Crippen molar-refractivity contribution >= 4 is 27.6 Å². The smallest absolute Gasteiger partial charge is 0.319 e. The summed E-state index contributed by atoms with van der Waals surface area (Å²) in [6.45, 7) is 3.31. The molecule has 0 aliphatic rings. The van der Waals surface area contributed by atoms with Gasteiger partial charge >= 0.3 is 6.03 Å². The maximum atomic E-state index is 11.8. The largest absolute Gasteiger partial charge is 0.494 e. The van der Waals surface area contributed by atoms with Crippen LogP contribution in [-0.2, 0) is 0 Å². The summed E-state index contributed by atoms with van der Waals surface area (Å²) < 4.78 is 11.8. The Hall–Kier alpha value is -2.21. The van der Waals surface area contributed by atoms with Crippen molar-refractivity contribution in [3.8, 4) is 11.5 Å². The van der Waals surface area contributed by atoms with Crippen molar-refractivity contribution < 1.29 is 14.3 Å². The zero-order valence-corrected chi connectivity index (χ0v) is 14.4. The van der Waals surface area contributed by atoms with E-state index in [0.29, 0.717) is 25.5 Å². The molecule has 0 aliphatic carbocycles. The summed E-state index contributed by atoms with van der Waals surface area (Å²) in [5, 5.41) is 5.50. The molecular formula is C17H19BrN2O3. The van der Waals surface area contributed by atoms with Crippen molar-refractivity contribution in [2.45, 2.75) is 6.92 Å². The molecule has 0 spiro atoms. The molecule has 0 unspecified atom stereocenters. The average Bonchev–Trinajstić information content (AvgIpc) is 2.55. The van der Waals surface area contributed by atoms with Gasteiger partial charge in [-0.05, 0) is 47.1 Å². The number of nitrogens with one attached hydrogen (secondary N) is 2. The Labute approximate surface area is 144 Å². The van der Waals surface area contributed by atoms with Gasteiger partial charge in [0.15, 0.2) is 0 Å². The van der Waals surface area contributed by atoms with Gasteiger partial charge in [-0.1, -0.05) is 18.2 Å². The number of amides is 2. The highest BCUT2D eigenvalue weighted by atomic mass is 79.9. The lowest BCUT2D eigenvalue weighted by atomic mass is 10.3. The van der Waals surface area contributed by atoms with Gasteiger partial charge in [0.1, 0.15) is 18.1 Å². The maximum absolute atomic E-state index is 11.8. The molecule has 0 saturated carbocycles. The fourth-order valence-electron chi connectivity index (χ4n) is 1.88. The Morgan fingerprint density at radius 1 is 1.09 bits per heavy atom. The van der Waals surface area contributed by atoms with Gasteiger partial charge in [0, 0.05) is 10.5 Å². The molecule has 0 aromatic heterocycles. The predicted octanol–water partition coefficient (Wildman–Crippen LogP) is 4.05. The number of hydrogen-bond donors (Lipinski definition) is 2. The van der Waals surface area contributed by atoms with E-state index in [4.69, 9.17) is 9.47 Å². The van der Waals surface area contributed by atoms with Crippen molar-refractivity contribution in [3.05, 3.63) is 53.0 Å². The lowest BCUT2D eigenvalue weighted by Gasteiger charge is -2.11. The molecule has 0 saturated heterocycles. The van der Waals surface area contributed by atoms with Crippen LogP contribution in [-0.4, -0.2) is 25.8 Å². The molecule has 122 valence electrons. The summed E-state index contributed by atoms with van der Waals surface area (Å²) >= 11 is 3.38. The second kappa shape index (κ2) is 9.05. The fraction of sp³-hybridized carbons (Fsp3) is 0.235. The molecule has 2 aromatic rings. The minimum atomic E-state index is -0.274. The zero-order valence-electron chi connectivity index (χ0n) is 12.8. The number of halogens is 1. The molecule has 0 bridgehead atoms. The van der Waals surface area contributed by atoms with Crippen LogP contribution in [0.25, 0.3) is 0 Å². The molecule has 2 amide bonds. The van der Waals surface area contributed by atoms with Crippen LogP contribution in [0.5, 0.6) is 11.5 Å². The highest BCUT2D eigenvalue weighted by molar-refractivity contribution is 9.10. The van der Waals surface area contributed by atoms with Gasteiger partial charge in [0.25, 0.3) is 0 Å². The summed E-state index contributed by atoms with van der Waals surface area (Å²) in [4.78, 5) is 11.8. The summed E-state index contributed by atoms with van der Waals surface area (Å²) in [7, 11) is 0. The first kappa shape index (κ1) is 17.1. The Morgan fingerprint density at radius 3 is 2.57 bits per heavy atom. The first-order valence-electron chi connectivity index (χ1n) is 7.34. The van der Waals surface area contributed by atoms with E-state index >= 15 is 0 Å². The summed E-state index contributed by atoms with van der Waals surface area (Å²) in [5.41, 5.74) is 0.718. The molecule has 0 heterocycles. The number of hydrogen-bond acceptors (Lipinski definition) is 3. The lowest BCUT2D eigenvalue weighted by Crippen LogP contribution is -2.32. The number of para-hydroxylation sites is 1. The van der Waals surface area contributed by atoms with Gasteiger partial charge in [0.05, 0.1) is 18.8 Å². The Bertz CT molecular complexity index is 649. The molecule has 0 radical (unpaired) electrons. The number of benzene rings is 2. The minimum Gasteiger partial charge on any atom is -0.494 e. The van der Waals surface area contributed by atoms with Crippen LogP contribution >= 0.6 is 15.9 Å². The van der Waals surface area contributed by atoms with Gasteiger partial charge in [0.2, 0.25) is 0 Å². The van der Waals surface area contributed by atoms with Crippen molar-refractivity contribution in [2.24, 2.45) is 0 Å². The van der Waals surface area contributed by atoms with Crippen LogP contribution in [0, 0.1) is 0 Å². The van der Waals surface area contributed by atoms with E-state index in [1.807, 2.05) is 55.5 Å². The third-order valence-corrected chi connectivity index (χ3v) is 3.59. The predicted molar refractivity (Wildman–Crippen MR) is 94.3 cm³/mol. The van der Waals surface area contributed by atoms with E-state index < -0.39 is 0 Å².